The molecule has 130 valence electrons. The molecule has 1 aromatic heterocycles. The third kappa shape index (κ3) is 3.73. The predicted molar refractivity (Wildman–Crippen MR) is 94.6 cm³/mol. The molecule has 0 aliphatic carbocycles. The summed E-state index contributed by atoms with van der Waals surface area (Å²) in [5, 5.41) is 0.986. The number of carbonyl (C=O) groups is 1. The summed E-state index contributed by atoms with van der Waals surface area (Å²) in [5.74, 6) is 0.528. The van der Waals surface area contributed by atoms with Crippen molar-refractivity contribution in [2.45, 2.75) is 45.8 Å². The Morgan fingerprint density at radius 1 is 1.29 bits per heavy atom. The summed E-state index contributed by atoms with van der Waals surface area (Å²) in [6.45, 7) is 8.82. The van der Waals surface area contributed by atoms with Gasteiger partial charge in [0.1, 0.15) is 17.5 Å². The highest BCUT2D eigenvalue weighted by molar-refractivity contribution is 5.95. The van der Waals surface area contributed by atoms with Gasteiger partial charge in [0.05, 0.1) is 6.61 Å². The van der Waals surface area contributed by atoms with Gasteiger partial charge in [0.15, 0.2) is 0 Å². The molecule has 0 spiro atoms. The molecule has 0 saturated carbocycles. The van der Waals surface area contributed by atoms with E-state index in [-0.39, 0.29) is 12.1 Å². The molecule has 1 aliphatic rings. The molecule has 3 rings (SSSR count). The van der Waals surface area contributed by atoms with E-state index in [1.807, 2.05) is 24.3 Å². The summed E-state index contributed by atoms with van der Waals surface area (Å²) < 4.78 is 11.2. The van der Waals surface area contributed by atoms with Gasteiger partial charge in [-0.1, -0.05) is 0 Å². The maximum absolute atomic E-state index is 11.8. The molecule has 0 unspecified atom stereocenters. The van der Waals surface area contributed by atoms with Crippen molar-refractivity contribution in [3.8, 4) is 5.75 Å². The molecular weight excluding hydrogens is 304 g/mol. The lowest BCUT2D eigenvalue weighted by atomic mass is 10.1. The number of ether oxygens (including phenoxy) is 2. The van der Waals surface area contributed by atoms with Crippen molar-refractivity contribution in [1.82, 2.24) is 9.88 Å². The fourth-order valence-corrected chi connectivity index (χ4v) is 3.20. The summed E-state index contributed by atoms with van der Waals surface area (Å²) in [5.41, 5.74) is 1.38. The molecule has 2 heterocycles. The van der Waals surface area contributed by atoms with Gasteiger partial charge in [-0.2, -0.15) is 0 Å². The van der Waals surface area contributed by atoms with Gasteiger partial charge in [0.25, 0.3) is 0 Å². The molecule has 1 aromatic carbocycles. The molecule has 1 N–H and O–H groups in total. The van der Waals surface area contributed by atoms with Crippen LogP contribution in [0.5, 0.6) is 5.75 Å². The number of rotatable bonds is 5. The van der Waals surface area contributed by atoms with Crippen LogP contribution in [0.1, 0.15) is 44.1 Å². The number of aromatic nitrogens is 1. The Balaban J connectivity index is 1.66. The van der Waals surface area contributed by atoms with Crippen LogP contribution in [0.3, 0.4) is 0 Å². The van der Waals surface area contributed by atoms with Crippen molar-refractivity contribution >= 4 is 16.9 Å². The number of carbonyl (C=O) groups excluding carboxylic acids is 1. The average molecular weight is 330 g/mol. The lowest BCUT2D eigenvalue weighted by molar-refractivity contribution is 0.0520. The number of fused-ring (bicyclic) bond motifs is 1. The molecule has 0 amide bonds. The number of aromatic amines is 1. The number of piperidine rings is 1. The molecule has 24 heavy (non-hydrogen) atoms. The number of likely N-dealkylation sites (tertiary alicyclic amines) is 1. The Kier molecular flexibility index (Phi) is 5.09. The first-order chi connectivity index (χ1) is 11.6. The zero-order chi connectivity index (χ0) is 17.1. The summed E-state index contributed by atoms with van der Waals surface area (Å²) in [6.07, 6.45) is 2.36. The Labute approximate surface area is 142 Å². The van der Waals surface area contributed by atoms with Crippen LogP contribution in [0.2, 0.25) is 0 Å². The van der Waals surface area contributed by atoms with Crippen LogP contribution in [-0.2, 0) is 4.74 Å². The summed E-state index contributed by atoms with van der Waals surface area (Å²) >= 11 is 0. The summed E-state index contributed by atoms with van der Waals surface area (Å²) in [4.78, 5) is 17.4. The van der Waals surface area contributed by atoms with Crippen LogP contribution in [0.15, 0.2) is 24.3 Å². The minimum absolute atomic E-state index is 0.261. The zero-order valence-corrected chi connectivity index (χ0v) is 14.7. The van der Waals surface area contributed by atoms with Gasteiger partial charge in [0, 0.05) is 36.1 Å². The van der Waals surface area contributed by atoms with Gasteiger partial charge in [-0.3, -0.25) is 0 Å². The highest BCUT2D eigenvalue weighted by Gasteiger charge is 2.22. The van der Waals surface area contributed by atoms with Crippen molar-refractivity contribution in [1.29, 1.82) is 0 Å². The predicted octanol–water partition coefficient (Wildman–Crippen LogP) is 3.60. The Morgan fingerprint density at radius 2 is 2.04 bits per heavy atom. The summed E-state index contributed by atoms with van der Waals surface area (Å²) in [7, 11) is 0. The lowest BCUT2D eigenvalue weighted by Gasteiger charge is -2.34. The standard InChI is InChI=1S/C19H26N2O3/c1-4-23-19(22)18-11-14-5-6-16(12-17(14)20-18)24-15-7-9-21(10-8-15)13(2)3/h5-6,11-13,15,20H,4,7-10H2,1-3H3. The highest BCUT2D eigenvalue weighted by Crippen LogP contribution is 2.25. The van der Waals surface area contributed by atoms with Crippen molar-refractivity contribution in [3.63, 3.8) is 0 Å². The number of nitrogens with zero attached hydrogens (tertiary/aromatic N) is 1. The third-order valence-corrected chi connectivity index (χ3v) is 4.60. The first-order valence-corrected chi connectivity index (χ1v) is 8.77. The molecule has 0 radical (unpaired) electrons. The van der Waals surface area contributed by atoms with Crippen LogP contribution >= 0.6 is 0 Å². The topological polar surface area (TPSA) is 54.6 Å². The second-order valence-electron chi connectivity index (χ2n) is 6.60. The van der Waals surface area contributed by atoms with E-state index >= 15 is 0 Å². The van der Waals surface area contributed by atoms with E-state index in [2.05, 4.69) is 23.7 Å². The number of H-pyrrole nitrogens is 1. The van der Waals surface area contributed by atoms with E-state index in [9.17, 15) is 4.79 Å². The summed E-state index contributed by atoms with van der Waals surface area (Å²) in [6, 6.07) is 8.33. The van der Waals surface area contributed by atoms with Gasteiger partial charge < -0.3 is 19.4 Å². The van der Waals surface area contributed by atoms with E-state index in [1.165, 1.54) is 0 Å². The Morgan fingerprint density at radius 3 is 2.71 bits per heavy atom. The number of benzene rings is 1. The maximum atomic E-state index is 11.8. The monoisotopic (exact) mass is 330 g/mol. The minimum atomic E-state index is -0.322. The van der Waals surface area contributed by atoms with Crippen LogP contribution < -0.4 is 4.74 Å². The number of hydrogen-bond acceptors (Lipinski definition) is 4. The van der Waals surface area contributed by atoms with E-state index in [0.29, 0.717) is 18.3 Å². The normalized spacial score (nSPS) is 16.7. The fraction of sp³-hybridized carbons (Fsp3) is 0.526. The molecule has 0 bridgehead atoms. The van der Waals surface area contributed by atoms with Crippen LogP contribution in [0.25, 0.3) is 10.9 Å². The van der Waals surface area contributed by atoms with Crippen molar-refractivity contribution in [2.75, 3.05) is 19.7 Å². The molecule has 1 aliphatic heterocycles. The van der Waals surface area contributed by atoms with E-state index in [1.54, 1.807) is 6.92 Å². The lowest BCUT2D eigenvalue weighted by Crippen LogP contribution is -2.41. The fourth-order valence-electron chi connectivity index (χ4n) is 3.20. The second-order valence-corrected chi connectivity index (χ2v) is 6.60. The van der Waals surface area contributed by atoms with Gasteiger partial charge in [0.2, 0.25) is 0 Å². The van der Waals surface area contributed by atoms with E-state index < -0.39 is 0 Å². The van der Waals surface area contributed by atoms with Crippen molar-refractivity contribution in [3.05, 3.63) is 30.0 Å². The SMILES string of the molecule is CCOC(=O)c1cc2ccc(OC3CCN(C(C)C)CC3)cc2[nH]1. The third-order valence-electron chi connectivity index (χ3n) is 4.60. The van der Waals surface area contributed by atoms with Gasteiger partial charge in [-0.15, -0.1) is 0 Å². The second kappa shape index (κ2) is 7.26. The quantitative estimate of drug-likeness (QED) is 0.851. The van der Waals surface area contributed by atoms with E-state index in [0.717, 1.165) is 42.6 Å². The van der Waals surface area contributed by atoms with Gasteiger partial charge >= 0.3 is 5.97 Å². The molecule has 0 atom stereocenters. The molecular formula is C19H26N2O3. The van der Waals surface area contributed by atoms with Gasteiger partial charge in [-0.05, 0) is 51.8 Å². The van der Waals surface area contributed by atoms with Gasteiger partial charge in [-0.25, -0.2) is 4.79 Å². The molecule has 2 aromatic rings. The smallest absolute Gasteiger partial charge is 0.354 e. The zero-order valence-electron chi connectivity index (χ0n) is 14.7. The Hall–Kier alpha value is -2.01. The molecule has 5 heteroatoms. The number of hydrogen-bond donors (Lipinski definition) is 1. The van der Waals surface area contributed by atoms with Crippen molar-refractivity contribution < 1.29 is 14.3 Å². The molecule has 1 fully saturated rings. The highest BCUT2D eigenvalue weighted by atomic mass is 16.5. The first-order valence-electron chi connectivity index (χ1n) is 8.77. The molecule has 5 nitrogen and oxygen atoms in total. The largest absolute Gasteiger partial charge is 0.490 e. The molecule has 1 saturated heterocycles. The first kappa shape index (κ1) is 16.8. The van der Waals surface area contributed by atoms with Crippen LogP contribution in [0.4, 0.5) is 0 Å². The average Bonchev–Trinajstić information content (AvgIpc) is 2.99. The minimum Gasteiger partial charge on any atom is -0.490 e. The number of esters is 1. The Bertz CT molecular complexity index is 700. The van der Waals surface area contributed by atoms with Crippen LogP contribution in [-0.4, -0.2) is 47.7 Å². The van der Waals surface area contributed by atoms with Crippen LogP contribution in [0, 0.1) is 0 Å². The van der Waals surface area contributed by atoms with Crippen molar-refractivity contribution in [2.24, 2.45) is 0 Å². The maximum Gasteiger partial charge on any atom is 0.354 e. The van der Waals surface area contributed by atoms with E-state index in [4.69, 9.17) is 9.47 Å². The number of nitrogens with one attached hydrogen (secondary N) is 1.